The Hall–Kier alpha value is -4.14. The van der Waals surface area contributed by atoms with Crippen LogP contribution in [0.2, 0.25) is 0 Å². The summed E-state index contributed by atoms with van der Waals surface area (Å²) in [7, 11) is 1.48. The lowest BCUT2D eigenvalue weighted by atomic mass is 9.89. The molecular weight excluding hydrogens is 441 g/mol. The highest BCUT2D eigenvalue weighted by Crippen LogP contribution is 2.34. The van der Waals surface area contributed by atoms with Crippen molar-refractivity contribution in [2.24, 2.45) is 7.05 Å². The molecule has 0 saturated heterocycles. The van der Waals surface area contributed by atoms with E-state index in [9.17, 15) is 29.0 Å². The van der Waals surface area contributed by atoms with E-state index in [4.69, 9.17) is 0 Å². The number of aromatic nitrogens is 1. The quantitative estimate of drug-likeness (QED) is 0.434. The average molecular weight is 467 g/mol. The van der Waals surface area contributed by atoms with Gasteiger partial charge in [-0.25, -0.2) is 9.18 Å². The highest BCUT2D eigenvalue weighted by molar-refractivity contribution is 5.91. The molecule has 1 atom stereocenters. The van der Waals surface area contributed by atoms with Gasteiger partial charge in [0.2, 0.25) is 0 Å². The molecule has 0 radical (unpaired) electrons. The second-order valence-electron chi connectivity index (χ2n) is 8.11. The number of amides is 2. The van der Waals surface area contributed by atoms with Crippen molar-refractivity contribution in [3.63, 3.8) is 0 Å². The monoisotopic (exact) mass is 467 g/mol. The number of anilines is 1. The SMILES string of the molecule is Cc1ccccc1-c1ccc(F)c(C(CC(=O)O)NC(=O)Nc2c(O)cc(C)n(C)c2=O)c1C. The highest BCUT2D eigenvalue weighted by Gasteiger charge is 2.26. The van der Waals surface area contributed by atoms with Gasteiger partial charge in [-0.1, -0.05) is 30.3 Å². The van der Waals surface area contributed by atoms with E-state index in [0.717, 1.165) is 11.1 Å². The Morgan fingerprint density at radius 2 is 1.76 bits per heavy atom. The van der Waals surface area contributed by atoms with Crippen LogP contribution in [0.25, 0.3) is 11.1 Å². The number of aromatic hydroxyl groups is 1. The average Bonchev–Trinajstić information content (AvgIpc) is 2.75. The minimum Gasteiger partial charge on any atom is -0.505 e. The van der Waals surface area contributed by atoms with Gasteiger partial charge in [0.05, 0.1) is 12.5 Å². The number of pyridine rings is 1. The third kappa shape index (κ3) is 4.93. The van der Waals surface area contributed by atoms with Crippen LogP contribution in [0.4, 0.5) is 14.9 Å². The van der Waals surface area contributed by atoms with Gasteiger partial charge in [-0.2, -0.15) is 0 Å². The number of nitrogens with one attached hydrogen (secondary N) is 2. The second-order valence-corrected chi connectivity index (χ2v) is 8.11. The molecule has 1 unspecified atom stereocenters. The van der Waals surface area contributed by atoms with Gasteiger partial charge in [0.25, 0.3) is 5.56 Å². The maximum absolute atomic E-state index is 15.0. The van der Waals surface area contributed by atoms with Crippen molar-refractivity contribution in [2.45, 2.75) is 33.2 Å². The van der Waals surface area contributed by atoms with Crippen molar-refractivity contribution >= 4 is 17.7 Å². The Kier molecular flexibility index (Phi) is 7.05. The maximum atomic E-state index is 15.0. The zero-order chi connectivity index (χ0) is 25.2. The van der Waals surface area contributed by atoms with Gasteiger partial charge in [-0.3, -0.25) is 9.59 Å². The van der Waals surface area contributed by atoms with Gasteiger partial charge in [0, 0.05) is 24.4 Å². The number of hydrogen-bond donors (Lipinski definition) is 4. The number of aryl methyl sites for hydroxylation is 2. The van der Waals surface area contributed by atoms with Gasteiger partial charge >= 0.3 is 12.0 Å². The third-order valence-corrected chi connectivity index (χ3v) is 5.82. The van der Waals surface area contributed by atoms with Gasteiger partial charge in [-0.05, 0) is 49.1 Å². The smallest absolute Gasteiger partial charge is 0.319 e. The van der Waals surface area contributed by atoms with E-state index >= 15 is 0 Å². The van der Waals surface area contributed by atoms with Crippen molar-refractivity contribution in [1.29, 1.82) is 0 Å². The molecule has 8 nitrogen and oxygen atoms in total. The lowest BCUT2D eigenvalue weighted by molar-refractivity contribution is -0.137. The molecule has 9 heteroatoms. The summed E-state index contributed by atoms with van der Waals surface area (Å²) in [5.41, 5.74) is 2.48. The minimum atomic E-state index is -1.25. The molecule has 0 aliphatic carbocycles. The van der Waals surface area contributed by atoms with Gasteiger partial charge in [0.15, 0.2) is 5.69 Å². The Morgan fingerprint density at radius 3 is 2.41 bits per heavy atom. The predicted molar refractivity (Wildman–Crippen MR) is 127 cm³/mol. The van der Waals surface area contributed by atoms with Crippen LogP contribution in [-0.2, 0) is 11.8 Å². The van der Waals surface area contributed by atoms with E-state index in [0.29, 0.717) is 16.8 Å². The summed E-state index contributed by atoms with van der Waals surface area (Å²) in [4.78, 5) is 36.7. The number of benzene rings is 2. The van der Waals surface area contributed by atoms with Crippen LogP contribution in [0.1, 0.15) is 34.8 Å². The molecule has 34 heavy (non-hydrogen) atoms. The highest BCUT2D eigenvalue weighted by atomic mass is 19.1. The number of rotatable bonds is 6. The largest absolute Gasteiger partial charge is 0.505 e. The summed E-state index contributed by atoms with van der Waals surface area (Å²) in [6, 6.07) is 9.47. The number of aliphatic carboxylic acids is 1. The molecule has 0 saturated carbocycles. The fraction of sp³-hybridized carbons (Fsp3) is 0.240. The third-order valence-electron chi connectivity index (χ3n) is 5.82. The first kappa shape index (κ1) is 24.5. The first-order valence-corrected chi connectivity index (χ1v) is 10.5. The van der Waals surface area contributed by atoms with Crippen molar-refractivity contribution < 1.29 is 24.2 Å². The first-order valence-electron chi connectivity index (χ1n) is 10.5. The number of nitrogens with zero attached hydrogens (tertiary/aromatic N) is 1. The van der Waals surface area contributed by atoms with E-state index < -0.39 is 41.6 Å². The number of carbonyl (C=O) groups excluding carboxylic acids is 1. The maximum Gasteiger partial charge on any atom is 0.319 e. The van der Waals surface area contributed by atoms with Crippen molar-refractivity contribution in [3.05, 3.63) is 81.0 Å². The van der Waals surface area contributed by atoms with E-state index in [1.165, 1.54) is 23.7 Å². The Labute approximate surface area is 195 Å². The summed E-state index contributed by atoms with van der Waals surface area (Å²) >= 11 is 0. The molecule has 0 spiro atoms. The van der Waals surface area contributed by atoms with E-state index in [1.54, 1.807) is 19.9 Å². The van der Waals surface area contributed by atoms with E-state index in [1.807, 2.05) is 31.2 Å². The standard InChI is InChI=1S/C25H26FN3O5/c1-13-7-5-6-8-16(13)17-9-10-18(26)22(15(17)3)19(12-21(31)32)27-25(34)28-23-20(30)11-14(2)29(4)24(23)33/h5-11,19,30H,12H2,1-4H3,(H,31,32)(H2,27,28,34). The van der Waals surface area contributed by atoms with Crippen LogP contribution in [0.5, 0.6) is 5.75 Å². The van der Waals surface area contributed by atoms with E-state index in [2.05, 4.69) is 10.6 Å². The lowest BCUT2D eigenvalue weighted by Crippen LogP contribution is -2.36. The molecule has 0 bridgehead atoms. The first-order chi connectivity index (χ1) is 16.0. The predicted octanol–water partition coefficient (Wildman–Crippen LogP) is 4.16. The number of halogens is 1. The summed E-state index contributed by atoms with van der Waals surface area (Å²) in [5.74, 6) is -2.36. The van der Waals surface area contributed by atoms with E-state index in [-0.39, 0.29) is 11.3 Å². The topological polar surface area (TPSA) is 121 Å². The number of carboxylic acid groups (broad SMARTS) is 1. The molecule has 1 heterocycles. The number of hydrogen-bond acceptors (Lipinski definition) is 4. The van der Waals surface area contributed by atoms with Crippen molar-refractivity contribution in [3.8, 4) is 16.9 Å². The fourth-order valence-electron chi connectivity index (χ4n) is 3.92. The normalized spacial score (nSPS) is 11.7. The summed E-state index contributed by atoms with van der Waals surface area (Å²) in [6.45, 7) is 5.18. The molecule has 3 rings (SSSR count). The zero-order valence-corrected chi connectivity index (χ0v) is 19.3. The minimum absolute atomic E-state index is 0.0272. The number of carbonyl (C=O) groups is 2. The van der Waals surface area contributed by atoms with Crippen LogP contribution in [-0.4, -0.2) is 26.8 Å². The van der Waals surface area contributed by atoms with Gasteiger partial charge < -0.3 is 25.4 Å². The molecule has 1 aromatic heterocycles. The molecule has 2 amide bonds. The second kappa shape index (κ2) is 9.78. The van der Waals surface area contributed by atoms with Crippen molar-refractivity contribution in [2.75, 3.05) is 5.32 Å². The molecule has 0 aliphatic rings. The molecule has 2 aromatic carbocycles. The van der Waals surface area contributed by atoms with Gasteiger partial charge in [0.1, 0.15) is 11.6 Å². The molecular formula is C25H26FN3O5. The summed E-state index contributed by atoms with van der Waals surface area (Å²) in [5, 5.41) is 24.2. The van der Waals surface area contributed by atoms with Crippen LogP contribution in [0, 0.1) is 26.6 Å². The van der Waals surface area contributed by atoms with Crippen molar-refractivity contribution in [1.82, 2.24) is 9.88 Å². The zero-order valence-electron chi connectivity index (χ0n) is 19.3. The molecule has 178 valence electrons. The fourth-order valence-corrected chi connectivity index (χ4v) is 3.92. The lowest BCUT2D eigenvalue weighted by Gasteiger charge is -2.23. The Balaban J connectivity index is 2.00. The molecule has 0 fully saturated rings. The Bertz CT molecular complexity index is 1330. The summed E-state index contributed by atoms with van der Waals surface area (Å²) < 4.78 is 16.2. The number of urea groups is 1. The molecule has 3 aromatic rings. The van der Waals surface area contributed by atoms with Crippen LogP contribution in [0.3, 0.4) is 0 Å². The molecule has 4 N–H and O–H groups in total. The van der Waals surface area contributed by atoms with Crippen LogP contribution < -0.4 is 16.2 Å². The Morgan fingerprint density at radius 1 is 1.09 bits per heavy atom. The molecule has 0 aliphatic heterocycles. The van der Waals surface area contributed by atoms with Crippen LogP contribution >= 0.6 is 0 Å². The number of carboxylic acids is 1. The van der Waals surface area contributed by atoms with Crippen LogP contribution in [0.15, 0.2) is 47.3 Å². The van der Waals surface area contributed by atoms with Gasteiger partial charge in [-0.15, -0.1) is 0 Å². The summed E-state index contributed by atoms with van der Waals surface area (Å²) in [6.07, 6.45) is -0.597.